The summed E-state index contributed by atoms with van der Waals surface area (Å²) < 4.78 is 0. The summed E-state index contributed by atoms with van der Waals surface area (Å²) in [6.45, 7) is 7.07. The Hall–Kier alpha value is -1.82. The van der Waals surface area contributed by atoms with Gasteiger partial charge in [-0.15, -0.1) is 0 Å². The molecule has 3 heterocycles. The van der Waals surface area contributed by atoms with Gasteiger partial charge in [-0.05, 0) is 57.6 Å². The highest BCUT2D eigenvalue weighted by atomic mass is 16.3. The van der Waals surface area contributed by atoms with E-state index in [1.807, 2.05) is 29.7 Å². The maximum Gasteiger partial charge on any atom is 0.270 e. The molecular formula is C20H29N3O3. The van der Waals surface area contributed by atoms with Crippen molar-refractivity contribution in [3.8, 4) is 0 Å². The smallest absolute Gasteiger partial charge is 0.270 e. The summed E-state index contributed by atoms with van der Waals surface area (Å²) in [5, 5.41) is 9.48. The van der Waals surface area contributed by atoms with Gasteiger partial charge in [-0.1, -0.05) is 0 Å². The molecule has 3 aliphatic rings. The fourth-order valence-corrected chi connectivity index (χ4v) is 4.83. The third-order valence-corrected chi connectivity index (χ3v) is 6.67. The highest BCUT2D eigenvalue weighted by molar-refractivity contribution is 5.93. The molecule has 0 bridgehead atoms. The minimum atomic E-state index is -0.296. The minimum absolute atomic E-state index is 0.00385. The van der Waals surface area contributed by atoms with Crippen LogP contribution in [0.1, 0.15) is 53.8 Å². The normalized spacial score (nSPS) is 31.3. The first-order valence-electron chi connectivity index (χ1n) is 9.79. The zero-order valence-electron chi connectivity index (χ0n) is 15.8. The molecule has 1 spiro atoms. The van der Waals surface area contributed by atoms with Crippen molar-refractivity contribution in [1.29, 1.82) is 0 Å². The van der Waals surface area contributed by atoms with Crippen LogP contribution in [0.3, 0.4) is 0 Å². The largest absolute Gasteiger partial charge is 0.393 e. The van der Waals surface area contributed by atoms with Gasteiger partial charge in [-0.2, -0.15) is 0 Å². The SMILES string of the molecule is Cc1cc(C(=O)N2CCC3(CCCN(C(=O)C4CC(O)C4)C3)C2)[nH]c1C. The molecule has 4 rings (SSSR count). The van der Waals surface area contributed by atoms with Crippen molar-refractivity contribution < 1.29 is 14.7 Å². The molecule has 2 saturated heterocycles. The lowest BCUT2D eigenvalue weighted by atomic mass is 9.77. The summed E-state index contributed by atoms with van der Waals surface area (Å²) in [4.78, 5) is 32.7. The molecule has 6 heteroatoms. The van der Waals surface area contributed by atoms with Gasteiger partial charge in [0.2, 0.25) is 5.91 Å². The van der Waals surface area contributed by atoms with Crippen LogP contribution in [0.25, 0.3) is 0 Å². The van der Waals surface area contributed by atoms with Crippen molar-refractivity contribution in [1.82, 2.24) is 14.8 Å². The fraction of sp³-hybridized carbons (Fsp3) is 0.700. The number of carbonyl (C=O) groups is 2. The molecule has 1 unspecified atom stereocenters. The molecule has 1 aromatic heterocycles. The lowest BCUT2D eigenvalue weighted by Gasteiger charge is -2.43. The van der Waals surface area contributed by atoms with Crippen molar-refractivity contribution in [2.45, 2.75) is 52.1 Å². The summed E-state index contributed by atoms with van der Waals surface area (Å²) in [5.74, 6) is 0.280. The van der Waals surface area contributed by atoms with Gasteiger partial charge >= 0.3 is 0 Å². The summed E-state index contributed by atoms with van der Waals surface area (Å²) in [5.41, 5.74) is 2.87. The van der Waals surface area contributed by atoms with E-state index < -0.39 is 0 Å². The van der Waals surface area contributed by atoms with E-state index in [0.29, 0.717) is 18.5 Å². The quantitative estimate of drug-likeness (QED) is 0.846. The Kier molecular flexibility index (Phi) is 4.34. The Balaban J connectivity index is 1.41. The van der Waals surface area contributed by atoms with Gasteiger partial charge in [0.1, 0.15) is 5.69 Å². The number of piperidine rings is 1. The number of hydrogen-bond acceptors (Lipinski definition) is 3. The average molecular weight is 359 g/mol. The molecule has 26 heavy (non-hydrogen) atoms. The molecular weight excluding hydrogens is 330 g/mol. The van der Waals surface area contributed by atoms with E-state index in [0.717, 1.165) is 56.7 Å². The van der Waals surface area contributed by atoms with Gasteiger partial charge in [0.25, 0.3) is 5.91 Å². The van der Waals surface area contributed by atoms with Gasteiger partial charge in [0.05, 0.1) is 6.10 Å². The lowest BCUT2D eigenvalue weighted by Crippen LogP contribution is -2.51. The van der Waals surface area contributed by atoms with Crippen molar-refractivity contribution in [2.24, 2.45) is 11.3 Å². The van der Waals surface area contributed by atoms with Crippen LogP contribution in [-0.4, -0.2) is 64.0 Å². The van der Waals surface area contributed by atoms with E-state index >= 15 is 0 Å². The van der Waals surface area contributed by atoms with Crippen LogP contribution in [0, 0.1) is 25.2 Å². The van der Waals surface area contributed by atoms with Crippen LogP contribution in [0.5, 0.6) is 0 Å². The Labute approximate surface area is 154 Å². The molecule has 6 nitrogen and oxygen atoms in total. The number of aliphatic hydroxyl groups is 1. The number of amides is 2. The number of aromatic nitrogens is 1. The van der Waals surface area contributed by atoms with Crippen molar-refractivity contribution in [3.63, 3.8) is 0 Å². The zero-order chi connectivity index (χ0) is 18.5. The topological polar surface area (TPSA) is 76.6 Å². The van der Waals surface area contributed by atoms with Crippen LogP contribution in [0.2, 0.25) is 0 Å². The third kappa shape index (κ3) is 3.04. The van der Waals surface area contributed by atoms with E-state index in [2.05, 4.69) is 4.98 Å². The molecule has 0 aromatic carbocycles. The number of likely N-dealkylation sites (tertiary alicyclic amines) is 2. The summed E-state index contributed by atoms with van der Waals surface area (Å²) in [6.07, 6.45) is 3.97. The third-order valence-electron chi connectivity index (χ3n) is 6.67. The number of nitrogens with one attached hydrogen (secondary N) is 1. The van der Waals surface area contributed by atoms with Crippen LogP contribution in [0.15, 0.2) is 6.07 Å². The van der Waals surface area contributed by atoms with Gasteiger partial charge in [-0.25, -0.2) is 0 Å². The molecule has 2 amide bonds. The van der Waals surface area contributed by atoms with Gasteiger partial charge in [0, 0.05) is 43.2 Å². The highest BCUT2D eigenvalue weighted by Gasteiger charge is 2.46. The predicted octanol–water partition coefficient (Wildman–Crippen LogP) is 1.86. The molecule has 0 radical (unpaired) electrons. The first-order valence-corrected chi connectivity index (χ1v) is 9.79. The van der Waals surface area contributed by atoms with Crippen LogP contribution >= 0.6 is 0 Å². The summed E-state index contributed by atoms with van der Waals surface area (Å²) in [6, 6.07) is 1.93. The number of carbonyl (C=O) groups excluding carboxylic acids is 2. The van der Waals surface area contributed by atoms with E-state index in [1.165, 1.54) is 0 Å². The van der Waals surface area contributed by atoms with Gasteiger partial charge in [-0.3, -0.25) is 9.59 Å². The monoisotopic (exact) mass is 359 g/mol. The number of nitrogens with zero attached hydrogens (tertiary/aromatic N) is 2. The molecule has 2 aliphatic heterocycles. The van der Waals surface area contributed by atoms with E-state index in [-0.39, 0.29) is 29.3 Å². The Morgan fingerprint density at radius 2 is 1.88 bits per heavy atom. The number of aliphatic hydroxyl groups excluding tert-OH is 1. The fourth-order valence-electron chi connectivity index (χ4n) is 4.83. The highest BCUT2D eigenvalue weighted by Crippen LogP contribution is 2.41. The second-order valence-electron chi connectivity index (χ2n) is 8.65. The number of aromatic amines is 1. The summed E-state index contributed by atoms with van der Waals surface area (Å²) >= 11 is 0. The summed E-state index contributed by atoms with van der Waals surface area (Å²) in [7, 11) is 0. The lowest BCUT2D eigenvalue weighted by molar-refractivity contribution is -0.145. The number of H-pyrrole nitrogens is 1. The zero-order valence-corrected chi connectivity index (χ0v) is 15.8. The molecule has 2 N–H and O–H groups in total. The van der Waals surface area contributed by atoms with E-state index in [9.17, 15) is 14.7 Å². The van der Waals surface area contributed by atoms with Gasteiger partial charge < -0.3 is 19.9 Å². The average Bonchev–Trinajstić information content (AvgIpc) is 3.15. The van der Waals surface area contributed by atoms with Crippen LogP contribution in [0.4, 0.5) is 0 Å². The van der Waals surface area contributed by atoms with Crippen molar-refractivity contribution >= 4 is 11.8 Å². The Morgan fingerprint density at radius 1 is 1.15 bits per heavy atom. The predicted molar refractivity (Wildman–Crippen MR) is 97.8 cm³/mol. The van der Waals surface area contributed by atoms with Crippen molar-refractivity contribution in [2.75, 3.05) is 26.2 Å². The molecule has 1 aliphatic carbocycles. The standard InChI is InChI=1S/C20H29N3O3/c1-13-8-17(21-14(13)2)19(26)23-7-5-20(12-23)4-3-6-22(11-20)18(25)15-9-16(24)10-15/h8,15-16,21,24H,3-7,9-12H2,1-2H3. The molecule has 1 saturated carbocycles. The molecule has 1 atom stereocenters. The second kappa shape index (κ2) is 6.41. The Morgan fingerprint density at radius 3 is 2.54 bits per heavy atom. The van der Waals surface area contributed by atoms with E-state index in [4.69, 9.17) is 0 Å². The molecule has 1 aromatic rings. The van der Waals surface area contributed by atoms with Crippen molar-refractivity contribution in [3.05, 3.63) is 23.0 Å². The van der Waals surface area contributed by atoms with Gasteiger partial charge in [0.15, 0.2) is 0 Å². The second-order valence-corrected chi connectivity index (χ2v) is 8.65. The van der Waals surface area contributed by atoms with Crippen LogP contribution < -0.4 is 0 Å². The first kappa shape index (κ1) is 17.6. The van der Waals surface area contributed by atoms with Crippen LogP contribution in [-0.2, 0) is 4.79 Å². The number of rotatable bonds is 2. The maximum absolute atomic E-state index is 12.8. The molecule has 3 fully saturated rings. The number of hydrogen-bond donors (Lipinski definition) is 2. The maximum atomic E-state index is 12.8. The minimum Gasteiger partial charge on any atom is -0.393 e. The van der Waals surface area contributed by atoms with E-state index in [1.54, 1.807) is 0 Å². The number of aryl methyl sites for hydroxylation is 2. The molecule has 142 valence electrons. The Bertz CT molecular complexity index is 702. The first-order chi connectivity index (χ1) is 12.4.